The number of hydrogen-bond donors (Lipinski definition) is 1. The predicted molar refractivity (Wildman–Crippen MR) is 128 cm³/mol. The fraction of sp³-hybridized carbons (Fsp3) is 0.308. The Morgan fingerprint density at radius 1 is 1.00 bits per heavy atom. The van der Waals surface area contributed by atoms with Gasteiger partial charge in [-0.25, -0.2) is 0 Å². The lowest BCUT2D eigenvalue weighted by Crippen LogP contribution is -2.07. The molecule has 0 aromatic heterocycles. The van der Waals surface area contributed by atoms with E-state index in [0.717, 1.165) is 16.7 Å². The zero-order chi connectivity index (χ0) is 23.7. The highest BCUT2D eigenvalue weighted by atomic mass is 16.5. The average molecular weight is 438 g/mol. The zero-order valence-corrected chi connectivity index (χ0v) is 19.6. The molecule has 0 heterocycles. The van der Waals surface area contributed by atoms with Crippen molar-refractivity contribution in [2.24, 2.45) is 0 Å². The van der Waals surface area contributed by atoms with E-state index in [1.54, 1.807) is 19.2 Å². The molecular weight excluding hydrogens is 406 g/mol. The first-order chi connectivity index (χ1) is 15.2. The van der Waals surface area contributed by atoms with E-state index in [1.165, 1.54) is 19.4 Å². The van der Waals surface area contributed by atoms with Crippen molar-refractivity contribution in [1.29, 1.82) is 0 Å². The van der Waals surface area contributed by atoms with Gasteiger partial charge in [0.05, 0.1) is 19.4 Å². The van der Waals surface area contributed by atoms with Crippen LogP contribution in [-0.4, -0.2) is 25.6 Å². The first kappa shape index (κ1) is 24.7. The van der Waals surface area contributed by atoms with Crippen LogP contribution in [0.4, 0.5) is 5.69 Å². The number of methoxy groups -OCH3 is 1. The van der Waals surface area contributed by atoms with Crippen LogP contribution in [0.1, 0.15) is 51.3 Å². The summed E-state index contributed by atoms with van der Waals surface area (Å²) in [4.78, 5) is 22.9. The van der Waals surface area contributed by atoms with Crippen molar-refractivity contribution in [3.8, 4) is 17.2 Å². The van der Waals surface area contributed by atoms with Crippen LogP contribution in [0.5, 0.6) is 17.2 Å². The molecule has 0 bridgehead atoms. The maximum Gasteiger partial charge on any atom is 0.308 e. The number of ether oxygens (including phenoxy) is 3. The Kier molecular flexibility index (Phi) is 9.08. The Morgan fingerprint density at radius 2 is 1.75 bits per heavy atom. The Balaban J connectivity index is 2.52. The SMILES string of the molecule is CCOc1cc(OC(C)=O)cc(C=Cc2ccc(NC(C)=O)c(OC)c2)c1CC=C(C)C. The van der Waals surface area contributed by atoms with Crippen molar-refractivity contribution in [3.63, 3.8) is 0 Å². The standard InChI is InChI=1S/C26H31NO5/c1-7-31-25-16-22(32-19(5)29)15-21(23(25)12-8-17(2)3)11-9-20-10-13-24(27-18(4)28)26(14-20)30-6/h8-11,13-16H,7,12H2,1-6H3,(H,27,28). The molecule has 0 atom stereocenters. The number of benzene rings is 2. The lowest BCUT2D eigenvalue weighted by Gasteiger charge is -2.15. The molecule has 0 unspecified atom stereocenters. The summed E-state index contributed by atoms with van der Waals surface area (Å²) in [6.07, 6.45) is 6.71. The molecular formula is C26H31NO5. The van der Waals surface area contributed by atoms with E-state index in [4.69, 9.17) is 14.2 Å². The van der Waals surface area contributed by atoms with Gasteiger partial charge in [-0.05, 0) is 56.5 Å². The van der Waals surface area contributed by atoms with Gasteiger partial charge < -0.3 is 19.5 Å². The number of anilines is 1. The number of allylic oxidation sites excluding steroid dienone is 2. The maximum atomic E-state index is 11.5. The van der Waals surface area contributed by atoms with E-state index >= 15 is 0 Å². The summed E-state index contributed by atoms with van der Waals surface area (Å²) < 4.78 is 16.6. The first-order valence-corrected chi connectivity index (χ1v) is 10.5. The first-order valence-electron chi connectivity index (χ1n) is 10.5. The molecule has 0 saturated heterocycles. The Hall–Kier alpha value is -3.54. The van der Waals surface area contributed by atoms with Gasteiger partial charge in [0.25, 0.3) is 0 Å². The summed E-state index contributed by atoms with van der Waals surface area (Å²) >= 11 is 0. The predicted octanol–water partition coefficient (Wildman–Crippen LogP) is 5.66. The third kappa shape index (κ3) is 7.30. The minimum absolute atomic E-state index is 0.166. The molecule has 6 nitrogen and oxygen atoms in total. The molecule has 1 N–H and O–H groups in total. The van der Waals surface area contributed by atoms with E-state index in [2.05, 4.69) is 11.4 Å². The number of esters is 1. The molecule has 32 heavy (non-hydrogen) atoms. The quantitative estimate of drug-likeness (QED) is 0.237. The molecule has 6 heteroatoms. The van der Waals surface area contributed by atoms with Gasteiger partial charge in [0.1, 0.15) is 17.2 Å². The van der Waals surface area contributed by atoms with Crippen molar-refractivity contribution in [1.82, 2.24) is 0 Å². The summed E-state index contributed by atoms with van der Waals surface area (Å²) in [6, 6.07) is 9.11. The molecule has 170 valence electrons. The molecule has 0 fully saturated rings. The van der Waals surface area contributed by atoms with Crippen LogP contribution in [0.25, 0.3) is 12.2 Å². The van der Waals surface area contributed by atoms with Gasteiger partial charge in [-0.3, -0.25) is 9.59 Å². The van der Waals surface area contributed by atoms with Crippen LogP contribution < -0.4 is 19.5 Å². The van der Waals surface area contributed by atoms with E-state index in [9.17, 15) is 9.59 Å². The summed E-state index contributed by atoms with van der Waals surface area (Å²) in [5.74, 6) is 1.12. The van der Waals surface area contributed by atoms with Crippen LogP contribution in [0.3, 0.4) is 0 Å². The van der Waals surface area contributed by atoms with Gasteiger partial charge in [0, 0.05) is 25.5 Å². The highest BCUT2D eigenvalue weighted by molar-refractivity contribution is 5.91. The van der Waals surface area contributed by atoms with Gasteiger partial charge >= 0.3 is 5.97 Å². The second-order valence-electron chi connectivity index (χ2n) is 7.48. The van der Waals surface area contributed by atoms with Crippen molar-refractivity contribution >= 4 is 29.7 Å². The Labute approximate surface area is 189 Å². The molecule has 0 aliphatic carbocycles. The van der Waals surface area contributed by atoms with Crippen LogP contribution in [0, 0.1) is 0 Å². The lowest BCUT2D eigenvalue weighted by atomic mass is 10.00. The third-order valence-corrected chi connectivity index (χ3v) is 4.48. The van der Waals surface area contributed by atoms with Crippen LogP contribution in [0.15, 0.2) is 42.0 Å². The van der Waals surface area contributed by atoms with Gasteiger partial charge in [-0.2, -0.15) is 0 Å². The zero-order valence-electron chi connectivity index (χ0n) is 19.6. The van der Waals surface area contributed by atoms with Gasteiger partial charge in [0.15, 0.2) is 0 Å². The molecule has 0 aliphatic heterocycles. The van der Waals surface area contributed by atoms with Crippen LogP contribution in [0.2, 0.25) is 0 Å². The van der Waals surface area contributed by atoms with Crippen LogP contribution >= 0.6 is 0 Å². The largest absolute Gasteiger partial charge is 0.495 e. The lowest BCUT2D eigenvalue weighted by molar-refractivity contribution is -0.131. The van der Waals surface area contributed by atoms with Crippen molar-refractivity contribution in [2.75, 3.05) is 19.0 Å². The van der Waals surface area contributed by atoms with E-state index < -0.39 is 5.97 Å². The maximum absolute atomic E-state index is 11.5. The number of rotatable bonds is 9. The van der Waals surface area contributed by atoms with E-state index in [-0.39, 0.29) is 5.91 Å². The highest BCUT2D eigenvalue weighted by Crippen LogP contribution is 2.32. The monoisotopic (exact) mass is 437 g/mol. The molecule has 2 aromatic rings. The third-order valence-electron chi connectivity index (χ3n) is 4.48. The van der Waals surface area contributed by atoms with Crippen molar-refractivity contribution < 1.29 is 23.8 Å². The van der Waals surface area contributed by atoms with E-state index in [1.807, 2.05) is 51.1 Å². The number of carbonyl (C=O) groups excluding carboxylic acids is 2. The number of carbonyl (C=O) groups is 2. The molecule has 1 amide bonds. The Bertz CT molecular complexity index is 1030. The van der Waals surface area contributed by atoms with Crippen molar-refractivity contribution in [2.45, 2.75) is 41.0 Å². The minimum atomic E-state index is -0.391. The molecule has 2 aromatic carbocycles. The van der Waals surface area contributed by atoms with E-state index in [0.29, 0.717) is 36.0 Å². The second-order valence-corrected chi connectivity index (χ2v) is 7.48. The summed E-state index contributed by atoms with van der Waals surface area (Å²) in [5, 5.41) is 2.75. The Morgan fingerprint density at radius 3 is 2.34 bits per heavy atom. The molecule has 0 spiro atoms. The topological polar surface area (TPSA) is 73.9 Å². The molecule has 2 rings (SSSR count). The number of nitrogens with one attached hydrogen (secondary N) is 1. The summed E-state index contributed by atoms with van der Waals surface area (Å²) in [5.41, 5.74) is 4.58. The second kappa shape index (κ2) is 11.7. The number of amides is 1. The van der Waals surface area contributed by atoms with Gasteiger partial charge in [0.2, 0.25) is 5.91 Å². The molecule has 0 saturated carbocycles. The summed E-state index contributed by atoms with van der Waals surface area (Å²) in [7, 11) is 1.56. The minimum Gasteiger partial charge on any atom is -0.495 e. The highest BCUT2D eigenvalue weighted by Gasteiger charge is 2.12. The smallest absolute Gasteiger partial charge is 0.308 e. The number of hydrogen-bond acceptors (Lipinski definition) is 5. The average Bonchev–Trinajstić information content (AvgIpc) is 2.71. The molecule has 0 radical (unpaired) electrons. The fourth-order valence-electron chi connectivity index (χ4n) is 3.11. The van der Waals surface area contributed by atoms with Crippen LogP contribution in [-0.2, 0) is 16.0 Å². The van der Waals surface area contributed by atoms with Gasteiger partial charge in [-0.1, -0.05) is 29.9 Å². The summed E-state index contributed by atoms with van der Waals surface area (Å²) in [6.45, 7) is 9.33. The molecule has 0 aliphatic rings. The normalized spacial score (nSPS) is 10.6. The fourth-order valence-corrected chi connectivity index (χ4v) is 3.11. The van der Waals surface area contributed by atoms with Gasteiger partial charge in [-0.15, -0.1) is 0 Å². The van der Waals surface area contributed by atoms with Crippen molar-refractivity contribution in [3.05, 3.63) is 58.7 Å².